The zero-order valence-corrected chi connectivity index (χ0v) is 12.0. The normalized spacial score (nSPS) is 10.3. The molecule has 3 aromatic rings. The van der Waals surface area contributed by atoms with E-state index in [1.165, 1.54) is 17.5 Å². The molecule has 1 N–H and O–H groups in total. The van der Waals surface area contributed by atoms with E-state index in [-0.39, 0.29) is 11.6 Å². The van der Waals surface area contributed by atoms with Crippen LogP contribution in [0.2, 0.25) is 0 Å². The largest absolute Gasteiger partial charge is 0.296 e. The summed E-state index contributed by atoms with van der Waals surface area (Å²) in [5.41, 5.74) is 2.45. The number of nitrogens with zero attached hydrogens (tertiary/aromatic N) is 4. The summed E-state index contributed by atoms with van der Waals surface area (Å²) in [7, 11) is 0. The van der Waals surface area contributed by atoms with Gasteiger partial charge in [0, 0.05) is 17.8 Å². The van der Waals surface area contributed by atoms with E-state index >= 15 is 0 Å². The number of rotatable bonds is 3. The lowest BCUT2D eigenvalue weighted by atomic mass is 10.3. The van der Waals surface area contributed by atoms with Gasteiger partial charge >= 0.3 is 0 Å². The third kappa shape index (κ3) is 3.09. The summed E-state index contributed by atoms with van der Waals surface area (Å²) in [5, 5.41) is 5.06. The molecule has 0 aliphatic heterocycles. The molecule has 0 radical (unpaired) electrons. The lowest BCUT2D eigenvalue weighted by Crippen LogP contribution is -2.14. The number of thiazole rings is 1. The highest BCUT2D eigenvalue weighted by Gasteiger charge is 2.11. The van der Waals surface area contributed by atoms with Crippen molar-refractivity contribution in [3.8, 4) is 11.4 Å². The molecule has 0 aromatic carbocycles. The lowest BCUT2D eigenvalue weighted by molar-refractivity contribution is 0.102. The number of hydrogen-bond donors (Lipinski definition) is 1. The highest BCUT2D eigenvalue weighted by atomic mass is 32.1. The zero-order chi connectivity index (χ0) is 14.7. The van der Waals surface area contributed by atoms with Gasteiger partial charge < -0.3 is 0 Å². The predicted molar refractivity (Wildman–Crippen MR) is 80.1 cm³/mol. The lowest BCUT2D eigenvalue weighted by Gasteiger charge is -2.01. The molecule has 0 fully saturated rings. The Morgan fingerprint density at radius 3 is 2.86 bits per heavy atom. The van der Waals surface area contributed by atoms with Gasteiger partial charge in [0.05, 0.1) is 17.6 Å². The number of aromatic nitrogens is 4. The molecule has 0 saturated heterocycles. The van der Waals surface area contributed by atoms with Crippen molar-refractivity contribution in [3.63, 3.8) is 0 Å². The molecule has 0 aliphatic rings. The molecule has 0 atom stereocenters. The molecule has 3 rings (SSSR count). The number of carbonyl (C=O) groups excluding carboxylic acids is 1. The molecule has 1 amide bonds. The fraction of sp³-hybridized carbons (Fsp3) is 0.0714. The maximum atomic E-state index is 12.0. The quantitative estimate of drug-likeness (QED) is 0.803. The Labute approximate surface area is 125 Å². The first-order chi connectivity index (χ1) is 10.2. The number of nitrogens with one attached hydrogen (secondary N) is 1. The molecule has 104 valence electrons. The van der Waals surface area contributed by atoms with Gasteiger partial charge in [-0.1, -0.05) is 6.07 Å². The van der Waals surface area contributed by atoms with Crippen LogP contribution in [0.15, 0.2) is 42.2 Å². The van der Waals surface area contributed by atoms with Crippen molar-refractivity contribution < 1.29 is 4.79 Å². The first-order valence-electron chi connectivity index (χ1n) is 6.19. The number of carbonyl (C=O) groups is 1. The standard InChI is InChI=1S/C14H11N5OS/c1-9-6-15-7-11(17-9)13(20)19-14-18-12(8-21-14)10-4-2-3-5-16-10/h2-8H,1H3,(H,18,19,20). The van der Waals surface area contributed by atoms with E-state index < -0.39 is 0 Å². The summed E-state index contributed by atoms with van der Waals surface area (Å²) in [6.45, 7) is 1.78. The molecule has 3 aromatic heterocycles. The second-order valence-corrected chi connectivity index (χ2v) is 5.11. The van der Waals surface area contributed by atoms with Crippen LogP contribution in [0.1, 0.15) is 16.2 Å². The molecular formula is C14H11N5OS. The van der Waals surface area contributed by atoms with Crippen LogP contribution in [-0.4, -0.2) is 25.8 Å². The van der Waals surface area contributed by atoms with E-state index in [2.05, 4.69) is 25.3 Å². The molecule has 0 spiro atoms. The van der Waals surface area contributed by atoms with Crippen LogP contribution >= 0.6 is 11.3 Å². The second-order valence-electron chi connectivity index (χ2n) is 4.25. The fourth-order valence-electron chi connectivity index (χ4n) is 1.70. The third-order valence-electron chi connectivity index (χ3n) is 2.64. The Bertz CT molecular complexity index is 772. The number of aryl methyl sites for hydroxylation is 1. The molecule has 3 heterocycles. The maximum absolute atomic E-state index is 12.0. The average molecular weight is 297 g/mol. The first kappa shape index (κ1) is 13.3. The SMILES string of the molecule is Cc1cncc(C(=O)Nc2nc(-c3ccccn3)cs2)n1. The zero-order valence-electron chi connectivity index (χ0n) is 11.1. The van der Waals surface area contributed by atoms with E-state index in [4.69, 9.17) is 0 Å². The predicted octanol–water partition coefficient (Wildman–Crippen LogP) is 2.56. The van der Waals surface area contributed by atoms with Gasteiger partial charge in [-0.05, 0) is 19.1 Å². The minimum Gasteiger partial charge on any atom is -0.296 e. The van der Waals surface area contributed by atoms with Crippen LogP contribution in [-0.2, 0) is 0 Å². The Kier molecular flexibility index (Phi) is 3.65. The molecule has 21 heavy (non-hydrogen) atoms. The van der Waals surface area contributed by atoms with Crippen LogP contribution in [0.5, 0.6) is 0 Å². The van der Waals surface area contributed by atoms with E-state index in [1.807, 2.05) is 23.6 Å². The van der Waals surface area contributed by atoms with Crippen molar-refractivity contribution in [2.45, 2.75) is 6.92 Å². The Morgan fingerprint density at radius 1 is 1.19 bits per heavy atom. The summed E-state index contributed by atoms with van der Waals surface area (Å²) >= 11 is 1.34. The van der Waals surface area contributed by atoms with Gasteiger partial charge in [-0.25, -0.2) is 9.97 Å². The molecule has 0 saturated carbocycles. The Hall–Kier alpha value is -2.67. The van der Waals surface area contributed by atoms with Crippen molar-refractivity contribution in [1.82, 2.24) is 19.9 Å². The van der Waals surface area contributed by atoms with Crippen molar-refractivity contribution in [2.24, 2.45) is 0 Å². The van der Waals surface area contributed by atoms with Crippen LogP contribution in [0.3, 0.4) is 0 Å². The van der Waals surface area contributed by atoms with Gasteiger partial charge in [0.15, 0.2) is 5.13 Å². The Balaban J connectivity index is 1.77. The average Bonchev–Trinajstić information content (AvgIpc) is 2.97. The van der Waals surface area contributed by atoms with Crippen LogP contribution in [0.4, 0.5) is 5.13 Å². The summed E-state index contributed by atoms with van der Waals surface area (Å²) in [6, 6.07) is 5.60. The summed E-state index contributed by atoms with van der Waals surface area (Å²) < 4.78 is 0. The van der Waals surface area contributed by atoms with Gasteiger partial charge in [0.1, 0.15) is 11.4 Å². The highest BCUT2D eigenvalue weighted by Crippen LogP contribution is 2.23. The summed E-state index contributed by atoms with van der Waals surface area (Å²) in [5.74, 6) is -0.326. The number of amides is 1. The third-order valence-corrected chi connectivity index (χ3v) is 3.40. The van der Waals surface area contributed by atoms with Gasteiger partial charge in [0.25, 0.3) is 5.91 Å². The van der Waals surface area contributed by atoms with Gasteiger partial charge in [0.2, 0.25) is 0 Å². The van der Waals surface area contributed by atoms with Crippen molar-refractivity contribution in [2.75, 3.05) is 5.32 Å². The molecule has 0 unspecified atom stereocenters. The van der Waals surface area contributed by atoms with Crippen molar-refractivity contribution in [1.29, 1.82) is 0 Å². The minimum absolute atomic E-state index is 0.268. The molecule has 0 aliphatic carbocycles. The fourth-order valence-corrected chi connectivity index (χ4v) is 2.40. The smallest absolute Gasteiger partial charge is 0.277 e. The van der Waals surface area contributed by atoms with Crippen LogP contribution in [0.25, 0.3) is 11.4 Å². The minimum atomic E-state index is -0.326. The van der Waals surface area contributed by atoms with Crippen LogP contribution < -0.4 is 5.32 Å². The Morgan fingerprint density at radius 2 is 2.10 bits per heavy atom. The topological polar surface area (TPSA) is 80.7 Å². The van der Waals surface area contributed by atoms with Gasteiger partial charge in [-0.3, -0.25) is 20.1 Å². The van der Waals surface area contributed by atoms with Gasteiger partial charge in [-0.2, -0.15) is 0 Å². The first-order valence-corrected chi connectivity index (χ1v) is 7.07. The molecule has 0 bridgehead atoms. The summed E-state index contributed by atoms with van der Waals surface area (Å²) in [4.78, 5) is 28.7. The van der Waals surface area contributed by atoms with E-state index in [9.17, 15) is 4.79 Å². The van der Waals surface area contributed by atoms with Crippen molar-refractivity contribution in [3.05, 3.63) is 53.6 Å². The van der Waals surface area contributed by atoms with E-state index in [0.29, 0.717) is 10.8 Å². The molecule has 7 heteroatoms. The summed E-state index contributed by atoms with van der Waals surface area (Å²) in [6.07, 6.45) is 4.73. The number of anilines is 1. The molecular weight excluding hydrogens is 286 g/mol. The number of pyridine rings is 1. The van der Waals surface area contributed by atoms with Crippen LogP contribution in [0, 0.1) is 6.92 Å². The van der Waals surface area contributed by atoms with Crippen molar-refractivity contribution >= 4 is 22.4 Å². The number of hydrogen-bond acceptors (Lipinski definition) is 6. The van der Waals surface area contributed by atoms with E-state index in [0.717, 1.165) is 11.4 Å². The van der Waals surface area contributed by atoms with E-state index in [1.54, 1.807) is 19.3 Å². The second kappa shape index (κ2) is 5.76. The maximum Gasteiger partial charge on any atom is 0.277 e. The monoisotopic (exact) mass is 297 g/mol. The highest BCUT2D eigenvalue weighted by molar-refractivity contribution is 7.14. The molecule has 6 nitrogen and oxygen atoms in total. The van der Waals surface area contributed by atoms with Gasteiger partial charge in [-0.15, -0.1) is 11.3 Å².